The lowest BCUT2D eigenvalue weighted by Crippen LogP contribution is -2.37. The number of piperidine rings is 1. The van der Waals surface area contributed by atoms with Crippen LogP contribution in [0.1, 0.15) is 35.0 Å². The van der Waals surface area contributed by atoms with Gasteiger partial charge in [0.15, 0.2) is 11.5 Å². The first-order chi connectivity index (χ1) is 10.8. The predicted molar refractivity (Wildman–Crippen MR) is 80.6 cm³/mol. The van der Waals surface area contributed by atoms with Crippen molar-refractivity contribution in [3.8, 4) is 0 Å². The van der Waals surface area contributed by atoms with Crippen molar-refractivity contribution >= 4 is 17.0 Å². The van der Waals surface area contributed by atoms with Crippen molar-refractivity contribution in [2.24, 2.45) is 0 Å². The molecule has 1 aliphatic heterocycles. The van der Waals surface area contributed by atoms with Gasteiger partial charge in [-0.3, -0.25) is 4.79 Å². The standard InChI is InChI=1S/C17H16N2O3/c20-17(13-7-10-21-11-13)19-8-5-12(6-9-19)16-18-14-3-1-2-4-15(14)22-16/h1-4,7,10-12H,5-6,8-9H2. The number of nitrogens with zero attached hydrogens (tertiary/aromatic N) is 2. The van der Waals surface area contributed by atoms with Crippen LogP contribution in [0.5, 0.6) is 0 Å². The quantitative estimate of drug-likeness (QED) is 0.727. The minimum Gasteiger partial charge on any atom is -0.472 e. The van der Waals surface area contributed by atoms with Crippen LogP contribution in [0.15, 0.2) is 51.7 Å². The number of aromatic nitrogens is 1. The third-order valence-electron chi connectivity index (χ3n) is 4.21. The minimum absolute atomic E-state index is 0.0322. The predicted octanol–water partition coefficient (Wildman–Crippen LogP) is 3.44. The summed E-state index contributed by atoms with van der Waals surface area (Å²) in [4.78, 5) is 18.7. The maximum absolute atomic E-state index is 12.3. The Morgan fingerprint density at radius 1 is 1.18 bits per heavy atom. The number of likely N-dealkylation sites (tertiary alicyclic amines) is 1. The molecule has 3 aromatic rings. The second kappa shape index (κ2) is 5.33. The number of hydrogen-bond acceptors (Lipinski definition) is 4. The van der Waals surface area contributed by atoms with Crippen molar-refractivity contribution in [1.29, 1.82) is 0 Å². The Kier molecular flexibility index (Phi) is 3.18. The first-order valence-electron chi connectivity index (χ1n) is 7.48. The molecule has 0 aliphatic carbocycles. The summed E-state index contributed by atoms with van der Waals surface area (Å²) in [5, 5.41) is 0. The molecule has 112 valence electrons. The molecule has 1 aromatic carbocycles. The number of carbonyl (C=O) groups excluding carboxylic acids is 1. The van der Waals surface area contributed by atoms with Crippen LogP contribution in [0.3, 0.4) is 0 Å². The van der Waals surface area contributed by atoms with Crippen LogP contribution < -0.4 is 0 Å². The average Bonchev–Trinajstić information content (AvgIpc) is 3.23. The molecule has 0 spiro atoms. The van der Waals surface area contributed by atoms with Crippen LogP contribution in [0.4, 0.5) is 0 Å². The number of rotatable bonds is 2. The maximum Gasteiger partial charge on any atom is 0.257 e. The summed E-state index contributed by atoms with van der Waals surface area (Å²) in [6.45, 7) is 1.43. The van der Waals surface area contributed by atoms with Crippen LogP contribution in [0, 0.1) is 0 Å². The Morgan fingerprint density at radius 2 is 2.00 bits per heavy atom. The zero-order valence-corrected chi connectivity index (χ0v) is 12.1. The molecule has 22 heavy (non-hydrogen) atoms. The minimum atomic E-state index is 0.0322. The van der Waals surface area contributed by atoms with Gasteiger partial charge in [0.05, 0.1) is 11.8 Å². The molecule has 4 rings (SSSR count). The molecule has 5 nitrogen and oxygen atoms in total. The summed E-state index contributed by atoms with van der Waals surface area (Å²) >= 11 is 0. The number of benzene rings is 1. The summed E-state index contributed by atoms with van der Waals surface area (Å²) < 4.78 is 10.8. The second-order valence-electron chi connectivity index (χ2n) is 5.60. The fourth-order valence-electron chi connectivity index (χ4n) is 2.96. The average molecular weight is 296 g/mol. The Hall–Kier alpha value is -2.56. The third-order valence-corrected chi connectivity index (χ3v) is 4.21. The van der Waals surface area contributed by atoms with Crippen LogP contribution >= 0.6 is 0 Å². The molecule has 0 bridgehead atoms. The van der Waals surface area contributed by atoms with E-state index in [0.717, 1.165) is 29.8 Å². The molecule has 0 N–H and O–H groups in total. The van der Waals surface area contributed by atoms with Crippen molar-refractivity contribution in [2.75, 3.05) is 13.1 Å². The van der Waals surface area contributed by atoms with Crippen molar-refractivity contribution in [3.63, 3.8) is 0 Å². The zero-order chi connectivity index (χ0) is 14.9. The number of para-hydroxylation sites is 2. The number of amides is 1. The van der Waals surface area contributed by atoms with Gasteiger partial charge in [0, 0.05) is 19.0 Å². The Bertz CT molecular complexity index is 750. The number of fused-ring (bicyclic) bond motifs is 1. The summed E-state index contributed by atoms with van der Waals surface area (Å²) in [7, 11) is 0. The van der Waals surface area contributed by atoms with Gasteiger partial charge in [-0.2, -0.15) is 0 Å². The molecule has 1 amide bonds. The molecule has 5 heteroatoms. The number of oxazole rings is 1. The number of hydrogen-bond donors (Lipinski definition) is 0. The van der Waals surface area contributed by atoms with Crippen molar-refractivity contribution < 1.29 is 13.6 Å². The van der Waals surface area contributed by atoms with Gasteiger partial charge < -0.3 is 13.7 Å². The molecular formula is C17H16N2O3. The van der Waals surface area contributed by atoms with E-state index in [0.29, 0.717) is 18.7 Å². The van der Waals surface area contributed by atoms with E-state index < -0.39 is 0 Å². The Morgan fingerprint density at radius 3 is 2.73 bits per heavy atom. The van der Waals surface area contributed by atoms with Gasteiger partial charge >= 0.3 is 0 Å². The van der Waals surface area contributed by atoms with Crippen LogP contribution in [-0.4, -0.2) is 28.9 Å². The van der Waals surface area contributed by atoms with E-state index >= 15 is 0 Å². The van der Waals surface area contributed by atoms with Gasteiger partial charge in [-0.25, -0.2) is 4.98 Å². The molecule has 1 aliphatic rings. The van der Waals surface area contributed by atoms with Gasteiger partial charge in [-0.1, -0.05) is 12.1 Å². The summed E-state index contributed by atoms with van der Waals surface area (Å²) in [6.07, 6.45) is 4.76. The fourth-order valence-corrected chi connectivity index (χ4v) is 2.96. The molecule has 0 unspecified atom stereocenters. The molecule has 3 heterocycles. The van der Waals surface area contributed by atoms with Gasteiger partial charge in [0.1, 0.15) is 11.8 Å². The largest absolute Gasteiger partial charge is 0.472 e. The van der Waals surface area contributed by atoms with Crippen LogP contribution in [-0.2, 0) is 0 Å². The zero-order valence-electron chi connectivity index (χ0n) is 12.1. The van der Waals surface area contributed by atoms with Gasteiger partial charge in [-0.15, -0.1) is 0 Å². The highest BCUT2D eigenvalue weighted by atomic mass is 16.3. The first kappa shape index (κ1) is 13.1. The first-order valence-corrected chi connectivity index (χ1v) is 7.48. The molecule has 1 saturated heterocycles. The van der Waals surface area contributed by atoms with E-state index in [4.69, 9.17) is 8.83 Å². The highest BCUT2D eigenvalue weighted by Crippen LogP contribution is 2.30. The normalized spacial score (nSPS) is 16.3. The SMILES string of the molecule is O=C(c1ccoc1)N1CCC(c2nc3ccccc3o2)CC1. The van der Waals surface area contributed by atoms with Crippen molar-refractivity contribution in [2.45, 2.75) is 18.8 Å². The van der Waals surface area contributed by atoms with Gasteiger partial charge in [-0.05, 0) is 31.0 Å². The lowest BCUT2D eigenvalue weighted by Gasteiger charge is -2.30. The van der Waals surface area contributed by atoms with E-state index in [-0.39, 0.29) is 11.8 Å². The smallest absolute Gasteiger partial charge is 0.257 e. The van der Waals surface area contributed by atoms with Crippen LogP contribution in [0.2, 0.25) is 0 Å². The van der Waals surface area contributed by atoms with E-state index in [9.17, 15) is 4.79 Å². The Balaban J connectivity index is 1.46. The summed E-state index contributed by atoms with van der Waals surface area (Å²) in [5.41, 5.74) is 2.34. The maximum atomic E-state index is 12.3. The Labute approximate surface area is 127 Å². The van der Waals surface area contributed by atoms with Crippen molar-refractivity contribution in [3.05, 3.63) is 54.3 Å². The third kappa shape index (κ3) is 2.28. The summed E-state index contributed by atoms with van der Waals surface area (Å²) in [5.74, 6) is 1.10. The summed E-state index contributed by atoms with van der Waals surface area (Å²) in [6, 6.07) is 9.50. The molecule has 0 radical (unpaired) electrons. The topological polar surface area (TPSA) is 59.5 Å². The lowest BCUT2D eigenvalue weighted by molar-refractivity contribution is 0.0706. The lowest BCUT2D eigenvalue weighted by atomic mass is 9.96. The van der Waals surface area contributed by atoms with E-state index in [2.05, 4.69) is 4.98 Å². The van der Waals surface area contributed by atoms with Gasteiger partial charge in [0.25, 0.3) is 5.91 Å². The van der Waals surface area contributed by atoms with Crippen molar-refractivity contribution in [1.82, 2.24) is 9.88 Å². The van der Waals surface area contributed by atoms with E-state index in [1.807, 2.05) is 29.2 Å². The fraction of sp³-hybridized carbons (Fsp3) is 0.294. The molecule has 1 fully saturated rings. The molecule has 0 atom stereocenters. The number of furan rings is 1. The second-order valence-corrected chi connectivity index (χ2v) is 5.60. The molecule has 0 saturated carbocycles. The van der Waals surface area contributed by atoms with Gasteiger partial charge in [0.2, 0.25) is 0 Å². The highest BCUT2D eigenvalue weighted by molar-refractivity contribution is 5.93. The monoisotopic (exact) mass is 296 g/mol. The van der Waals surface area contributed by atoms with E-state index in [1.54, 1.807) is 6.07 Å². The molecular weight excluding hydrogens is 280 g/mol. The number of carbonyl (C=O) groups is 1. The molecule has 2 aromatic heterocycles. The van der Waals surface area contributed by atoms with Crippen LogP contribution in [0.25, 0.3) is 11.1 Å². The van der Waals surface area contributed by atoms with E-state index in [1.165, 1.54) is 12.5 Å². The highest BCUT2D eigenvalue weighted by Gasteiger charge is 2.27.